The Hall–Kier alpha value is -2.95. The summed E-state index contributed by atoms with van der Waals surface area (Å²) < 4.78 is 14.3. The molecule has 0 bridgehead atoms. The van der Waals surface area contributed by atoms with Gasteiger partial charge < -0.3 is 5.32 Å². The molecule has 0 spiro atoms. The molecule has 1 aliphatic heterocycles. The van der Waals surface area contributed by atoms with Crippen LogP contribution in [0.4, 0.5) is 10.1 Å². The third kappa shape index (κ3) is 4.21. The fraction of sp³-hybridized carbons (Fsp3) is 0.222. The molecule has 2 heterocycles. The van der Waals surface area contributed by atoms with Gasteiger partial charge in [-0.2, -0.15) is 0 Å². The van der Waals surface area contributed by atoms with Crippen LogP contribution in [0.5, 0.6) is 0 Å². The van der Waals surface area contributed by atoms with E-state index in [2.05, 4.69) is 51.6 Å². The minimum absolute atomic E-state index is 0.235. The van der Waals surface area contributed by atoms with Gasteiger partial charge in [0.2, 0.25) is 0 Å². The van der Waals surface area contributed by atoms with Crippen molar-refractivity contribution in [3.63, 3.8) is 0 Å². The van der Waals surface area contributed by atoms with Crippen molar-refractivity contribution in [3.8, 4) is 11.1 Å². The lowest BCUT2D eigenvalue weighted by molar-refractivity contribution is 0.172. The van der Waals surface area contributed by atoms with Gasteiger partial charge in [0.15, 0.2) is 0 Å². The minimum Gasteiger partial charge on any atom is -0.377 e. The summed E-state index contributed by atoms with van der Waals surface area (Å²) in [6.45, 7) is 5.34. The summed E-state index contributed by atoms with van der Waals surface area (Å²) in [7, 11) is 0. The van der Waals surface area contributed by atoms with E-state index in [1.165, 1.54) is 31.1 Å². The maximum absolute atomic E-state index is 14.3. The number of pyridine rings is 1. The average Bonchev–Trinajstić information content (AvgIpc) is 2.78. The number of hydrogen-bond acceptors (Lipinski definition) is 3. The second kappa shape index (κ2) is 8.89. The maximum Gasteiger partial charge on any atom is 0.128 e. The van der Waals surface area contributed by atoms with Gasteiger partial charge >= 0.3 is 0 Å². The second-order valence-electron chi connectivity index (χ2n) is 8.43. The summed E-state index contributed by atoms with van der Waals surface area (Å²) in [5.74, 6) is -0.235. The molecule has 0 aliphatic carbocycles. The molecule has 1 fully saturated rings. The molecule has 0 saturated carbocycles. The summed E-state index contributed by atoms with van der Waals surface area (Å²) in [5.41, 5.74) is 5.79. The molecule has 5 heteroatoms. The molecule has 5 rings (SSSR count). The van der Waals surface area contributed by atoms with Crippen molar-refractivity contribution in [2.24, 2.45) is 0 Å². The van der Waals surface area contributed by atoms with Crippen LogP contribution in [0.25, 0.3) is 22.0 Å². The van der Waals surface area contributed by atoms with E-state index in [-0.39, 0.29) is 11.9 Å². The molecule has 1 aliphatic rings. The number of hydrogen-bond donors (Lipinski definition) is 1. The molecular weight excluding hydrogens is 421 g/mol. The molecule has 1 aromatic heterocycles. The van der Waals surface area contributed by atoms with Gasteiger partial charge in [0, 0.05) is 23.7 Å². The van der Waals surface area contributed by atoms with Crippen LogP contribution in [-0.2, 0) is 6.54 Å². The van der Waals surface area contributed by atoms with E-state index in [1.807, 2.05) is 19.1 Å². The molecule has 162 valence electrons. The zero-order valence-electron chi connectivity index (χ0n) is 18.0. The maximum atomic E-state index is 14.3. The lowest BCUT2D eigenvalue weighted by atomic mass is 10.0. The first-order valence-electron chi connectivity index (χ1n) is 11.0. The fourth-order valence-corrected chi connectivity index (χ4v) is 4.42. The van der Waals surface area contributed by atoms with Gasteiger partial charge in [-0.25, -0.2) is 4.39 Å². The van der Waals surface area contributed by atoms with Gasteiger partial charge in [-0.3, -0.25) is 9.88 Å². The van der Waals surface area contributed by atoms with E-state index in [0.29, 0.717) is 10.6 Å². The van der Waals surface area contributed by atoms with Gasteiger partial charge in [0.25, 0.3) is 0 Å². The molecule has 32 heavy (non-hydrogen) atoms. The van der Waals surface area contributed by atoms with Gasteiger partial charge in [-0.1, -0.05) is 60.1 Å². The number of nitrogens with one attached hydrogen (secondary N) is 1. The molecule has 4 aromatic rings. The van der Waals surface area contributed by atoms with Crippen molar-refractivity contribution < 1.29 is 4.39 Å². The third-order valence-corrected chi connectivity index (χ3v) is 6.48. The summed E-state index contributed by atoms with van der Waals surface area (Å²) in [6, 6.07) is 21.5. The highest BCUT2D eigenvalue weighted by atomic mass is 35.5. The SMILES string of the molecule is C[C@@H](Nc1c(Cl)cnc2ccc(-c3ccc(CN4CCC4)cc3)cc12)c1ccccc1F. The van der Waals surface area contributed by atoms with Crippen LogP contribution in [0.1, 0.15) is 30.5 Å². The third-order valence-electron chi connectivity index (χ3n) is 6.20. The van der Waals surface area contributed by atoms with Crippen molar-refractivity contribution >= 4 is 28.2 Å². The number of benzene rings is 3. The van der Waals surface area contributed by atoms with Crippen molar-refractivity contribution in [2.75, 3.05) is 18.4 Å². The van der Waals surface area contributed by atoms with E-state index in [1.54, 1.807) is 18.3 Å². The fourth-order valence-electron chi connectivity index (χ4n) is 4.22. The molecule has 1 atom stereocenters. The lowest BCUT2D eigenvalue weighted by Gasteiger charge is -2.30. The van der Waals surface area contributed by atoms with E-state index in [4.69, 9.17) is 11.6 Å². The van der Waals surface area contributed by atoms with Crippen LogP contribution < -0.4 is 5.32 Å². The number of rotatable bonds is 6. The Morgan fingerprint density at radius 3 is 2.50 bits per heavy atom. The van der Waals surface area contributed by atoms with Gasteiger partial charge in [-0.05, 0) is 61.3 Å². The molecule has 3 aromatic carbocycles. The first-order valence-corrected chi connectivity index (χ1v) is 11.4. The number of anilines is 1. The number of nitrogens with zero attached hydrogens (tertiary/aromatic N) is 2. The van der Waals surface area contributed by atoms with Crippen molar-refractivity contribution in [1.82, 2.24) is 9.88 Å². The highest BCUT2D eigenvalue weighted by Gasteiger charge is 2.16. The predicted molar refractivity (Wildman–Crippen MR) is 131 cm³/mol. The van der Waals surface area contributed by atoms with Gasteiger partial charge in [0.1, 0.15) is 5.82 Å². The molecule has 0 amide bonds. The van der Waals surface area contributed by atoms with Crippen LogP contribution in [0.15, 0.2) is 72.9 Å². The van der Waals surface area contributed by atoms with Crippen molar-refractivity contribution in [3.05, 3.63) is 94.9 Å². The molecule has 1 N–H and O–H groups in total. The number of aromatic nitrogens is 1. The highest BCUT2D eigenvalue weighted by Crippen LogP contribution is 2.35. The van der Waals surface area contributed by atoms with E-state index < -0.39 is 0 Å². The highest BCUT2D eigenvalue weighted by molar-refractivity contribution is 6.34. The molecule has 1 saturated heterocycles. The first-order chi connectivity index (χ1) is 15.6. The van der Waals surface area contributed by atoms with E-state index >= 15 is 0 Å². The Morgan fingerprint density at radius 1 is 1.03 bits per heavy atom. The zero-order chi connectivity index (χ0) is 22.1. The Balaban J connectivity index is 1.47. The second-order valence-corrected chi connectivity index (χ2v) is 8.83. The average molecular weight is 446 g/mol. The molecular formula is C27H25ClFN3. The Kier molecular flexibility index (Phi) is 5.81. The van der Waals surface area contributed by atoms with Crippen molar-refractivity contribution in [1.29, 1.82) is 0 Å². The quantitative estimate of drug-likeness (QED) is 0.344. The van der Waals surface area contributed by atoms with Gasteiger partial charge in [-0.15, -0.1) is 0 Å². The molecule has 3 nitrogen and oxygen atoms in total. The largest absolute Gasteiger partial charge is 0.377 e. The lowest BCUT2D eigenvalue weighted by Crippen LogP contribution is -2.36. The first kappa shape index (κ1) is 20.9. The summed E-state index contributed by atoms with van der Waals surface area (Å²) in [5, 5.41) is 4.85. The topological polar surface area (TPSA) is 28.2 Å². The molecule has 0 radical (unpaired) electrons. The van der Waals surface area contributed by atoms with Crippen LogP contribution in [0.2, 0.25) is 5.02 Å². The van der Waals surface area contributed by atoms with Crippen molar-refractivity contribution in [2.45, 2.75) is 25.9 Å². The summed E-state index contributed by atoms with van der Waals surface area (Å²) in [6.07, 6.45) is 2.95. The minimum atomic E-state index is -0.247. The standard InChI is InChI=1S/C27H25ClFN3/c1-18(22-5-2-3-6-25(22)29)31-27-23-15-21(11-12-26(23)30-16-24(27)28)20-9-7-19(8-10-20)17-32-13-4-14-32/h2-3,5-12,15-16,18H,4,13-14,17H2,1H3,(H,30,31)/t18-/m1/s1. The van der Waals surface area contributed by atoms with Crippen LogP contribution in [-0.4, -0.2) is 23.0 Å². The number of halogens is 2. The Morgan fingerprint density at radius 2 is 1.78 bits per heavy atom. The smallest absolute Gasteiger partial charge is 0.128 e. The Labute approximate surface area is 192 Å². The zero-order valence-corrected chi connectivity index (χ0v) is 18.7. The summed E-state index contributed by atoms with van der Waals surface area (Å²) in [4.78, 5) is 6.94. The van der Waals surface area contributed by atoms with Crippen LogP contribution in [0, 0.1) is 5.82 Å². The monoisotopic (exact) mass is 445 g/mol. The number of likely N-dealkylation sites (tertiary alicyclic amines) is 1. The number of fused-ring (bicyclic) bond motifs is 1. The van der Waals surface area contributed by atoms with Crippen LogP contribution >= 0.6 is 11.6 Å². The Bertz CT molecular complexity index is 1250. The molecule has 0 unspecified atom stereocenters. The van der Waals surface area contributed by atoms with E-state index in [0.717, 1.165) is 34.3 Å². The van der Waals surface area contributed by atoms with Crippen LogP contribution in [0.3, 0.4) is 0 Å². The normalized spacial score (nSPS) is 14.8. The predicted octanol–water partition coefficient (Wildman–Crippen LogP) is 7.07. The van der Waals surface area contributed by atoms with Gasteiger partial charge in [0.05, 0.1) is 22.3 Å². The summed E-state index contributed by atoms with van der Waals surface area (Å²) >= 11 is 6.54. The van der Waals surface area contributed by atoms with E-state index in [9.17, 15) is 4.39 Å².